The van der Waals surface area contributed by atoms with Gasteiger partial charge in [0.15, 0.2) is 0 Å². The second-order valence-corrected chi connectivity index (χ2v) is 2.72. The fraction of sp³-hybridized carbons (Fsp3) is 0.300. The fourth-order valence-corrected chi connectivity index (χ4v) is 1.17. The number of benzene rings is 1. The molecule has 0 amide bonds. The molecular weight excluding hydrogens is 152 g/mol. The third kappa shape index (κ3) is 2.06. The van der Waals surface area contributed by atoms with E-state index in [0.717, 1.165) is 16.7 Å². The van der Waals surface area contributed by atoms with Crippen molar-refractivity contribution < 1.29 is 10.2 Å². The number of aliphatic hydroxyl groups is 2. The smallest absolute Gasteiger partial charge is 0.0682 e. The third-order valence-corrected chi connectivity index (χ3v) is 1.77. The monoisotopic (exact) mass is 165 g/mol. The van der Waals surface area contributed by atoms with E-state index in [1.165, 1.54) is 0 Å². The Labute approximate surface area is 72.5 Å². The maximum atomic E-state index is 8.88. The van der Waals surface area contributed by atoms with Gasteiger partial charge in [-0.2, -0.15) is 0 Å². The summed E-state index contributed by atoms with van der Waals surface area (Å²) >= 11 is 0. The highest BCUT2D eigenvalue weighted by molar-refractivity contribution is 5.29. The van der Waals surface area contributed by atoms with Crippen LogP contribution in [0.4, 0.5) is 0 Å². The molecule has 2 heteroatoms. The Kier molecular flexibility index (Phi) is 3.26. The van der Waals surface area contributed by atoms with Crippen molar-refractivity contribution in [1.29, 1.82) is 0 Å². The molecule has 2 nitrogen and oxygen atoms in total. The van der Waals surface area contributed by atoms with Gasteiger partial charge in [-0.25, -0.2) is 0 Å². The highest BCUT2D eigenvalue weighted by Gasteiger charge is 1.97. The van der Waals surface area contributed by atoms with Crippen LogP contribution in [0.15, 0.2) is 18.2 Å². The molecule has 2 N–H and O–H groups in total. The molecule has 1 aromatic carbocycles. The van der Waals surface area contributed by atoms with Gasteiger partial charge in [-0.15, -0.1) is 0 Å². The maximum Gasteiger partial charge on any atom is 0.0682 e. The van der Waals surface area contributed by atoms with E-state index in [1.807, 2.05) is 12.1 Å². The predicted molar refractivity (Wildman–Crippen MR) is 47.3 cm³/mol. The van der Waals surface area contributed by atoms with E-state index < -0.39 is 0 Å². The van der Waals surface area contributed by atoms with Crippen molar-refractivity contribution >= 4 is 0 Å². The van der Waals surface area contributed by atoms with E-state index in [2.05, 4.69) is 6.92 Å². The van der Waals surface area contributed by atoms with Crippen LogP contribution in [0.1, 0.15) is 16.7 Å². The number of aliphatic hydroxyl groups excluding tert-OH is 2. The molecule has 65 valence electrons. The van der Waals surface area contributed by atoms with Crippen LogP contribution in [0.25, 0.3) is 0 Å². The quantitative estimate of drug-likeness (QED) is 0.702. The molecule has 1 rings (SSSR count). The highest BCUT2D eigenvalue weighted by atomic mass is 16.3. The van der Waals surface area contributed by atoms with Crippen LogP contribution in [-0.4, -0.2) is 10.2 Å². The van der Waals surface area contributed by atoms with Gasteiger partial charge in [0.25, 0.3) is 0 Å². The van der Waals surface area contributed by atoms with Crippen LogP contribution >= 0.6 is 0 Å². The van der Waals surface area contributed by atoms with Gasteiger partial charge in [-0.05, 0) is 30.0 Å². The predicted octanol–water partition coefficient (Wildman–Crippen LogP) is 1.05. The summed E-state index contributed by atoms with van der Waals surface area (Å²) in [7, 11) is 0. The van der Waals surface area contributed by atoms with E-state index in [4.69, 9.17) is 10.2 Å². The average Bonchev–Trinajstić information content (AvgIpc) is 2.16. The lowest BCUT2D eigenvalue weighted by Crippen LogP contribution is -1.92. The van der Waals surface area contributed by atoms with Gasteiger partial charge < -0.3 is 10.2 Å². The van der Waals surface area contributed by atoms with Crippen LogP contribution in [0.3, 0.4) is 0 Å². The van der Waals surface area contributed by atoms with Crippen molar-refractivity contribution in [2.75, 3.05) is 0 Å². The van der Waals surface area contributed by atoms with Gasteiger partial charge in [-0.3, -0.25) is 0 Å². The Bertz CT molecular complexity index is 201. The molecule has 0 saturated carbocycles. The normalized spacial score (nSPS) is 10.2. The van der Waals surface area contributed by atoms with Gasteiger partial charge >= 0.3 is 0 Å². The van der Waals surface area contributed by atoms with Crippen molar-refractivity contribution in [3.05, 3.63) is 41.8 Å². The van der Waals surface area contributed by atoms with Gasteiger partial charge in [0, 0.05) is 0 Å². The number of rotatable bonds is 3. The van der Waals surface area contributed by atoms with Crippen molar-refractivity contribution in [2.24, 2.45) is 0 Å². The topological polar surface area (TPSA) is 40.5 Å². The van der Waals surface area contributed by atoms with Crippen LogP contribution in [0.5, 0.6) is 0 Å². The highest BCUT2D eigenvalue weighted by Crippen LogP contribution is 2.10. The second-order valence-electron chi connectivity index (χ2n) is 2.72. The first-order chi connectivity index (χ1) is 5.80. The molecule has 0 unspecified atom stereocenters. The molecule has 0 aliphatic carbocycles. The van der Waals surface area contributed by atoms with Gasteiger partial charge in [0.2, 0.25) is 0 Å². The second kappa shape index (κ2) is 4.24. The Hall–Kier alpha value is -0.860. The molecule has 0 saturated heterocycles. The number of hydrogen-bond donors (Lipinski definition) is 2. The molecule has 0 fully saturated rings. The van der Waals surface area contributed by atoms with E-state index in [1.54, 1.807) is 6.07 Å². The summed E-state index contributed by atoms with van der Waals surface area (Å²) in [6.07, 6.45) is 0.681. The van der Waals surface area contributed by atoms with Crippen molar-refractivity contribution in [1.82, 2.24) is 0 Å². The summed E-state index contributed by atoms with van der Waals surface area (Å²) in [5.41, 5.74) is 2.71. The molecule has 0 aliphatic heterocycles. The summed E-state index contributed by atoms with van der Waals surface area (Å²) in [6, 6.07) is 5.58. The molecule has 0 spiro atoms. The molecule has 1 radical (unpaired) electrons. The van der Waals surface area contributed by atoms with E-state index in [9.17, 15) is 0 Å². The van der Waals surface area contributed by atoms with Crippen LogP contribution in [-0.2, 0) is 19.6 Å². The first-order valence-corrected chi connectivity index (χ1v) is 3.93. The maximum absolute atomic E-state index is 8.88. The minimum Gasteiger partial charge on any atom is -0.392 e. The zero-order valence-electron chi connectivity index (χ0n) is 6.95. The van der Waals surface area contributed by atoms with E-state index in [0.29, 0.717) is 6.42 Å². The van der Waals surface area contributed by atoms with Gasteiger partial charge in [0.1, 0.15) is 0 Å². The molecular formula is C10H13O2. The summed E-state index contributed by atoms with van der Waals surface area (Å²) in [5, 5.41) is 17.8. The van der Waals surface area contributed by atoms with Gasteiger partial charge in [-0.1, -0.05) is 18.2 Å². The molecule has 0 aromatic heterocycles. The van der Waals surface area contributed by atoms with Crippen LogP contribution < -0.4 is 0 Å². The van der Waals surface area contributed by atoms with Crippen LogP contribution in [0.2, 0.25) is 0 Å². The molecule has 0 bridgehead atoms. The first-order valence-electron chi connectivity index (χ1n) is 3.93. The summed E-state index contributed by atoms with van der Waals surface area (Å²) < 4.78 is 0. The van der Waals surface area contributed by atoms with Crippen molar-refractivity contribution in [3.8, 4) is 0 Å². The fourth-order valence-electron chi connectivity index (χ4n) is 1.17. The van der Waals surface area contributed by atoms with E-state index >= 15 is 0 Å². The van der Waals surface area contributed by atoms with Crippen molar-refractivity contribution in [3.63, 3.8) is 0 Å². The minimum absolute atomic E-state index is 0.0147. The Morgan fingerprint density at radius 3 is 1.67 bits per heavy atom. The first kappa shape index (κ1) is 9.23. The summed E-state index contributed by atoms with van der Waals surface area (Å²) in [5.74, 6) is 0. The Balaban J connectivity index is 3.01. The molecule has 0 aliphatic rings. The summed E-state index contributed by atoms with van der Waals surface area (Å²) in [4.78, 5) is 0. The van der Waals surface area contributed by atoms with E-state index in [-0.39, 0.29) is 13.2 Å². The standard InChI is InChI=1S/C10H13O2/c1-2-8-3-9(6-11)5-10(4-8)7-12/h3-5,11-12H,1-2,6-7H2. The lowest BCUT2D eigenvalue weighted by Gasteiger charge is -2.04. The zero-order valence-corrected chi connectivity index (χ0v) is 6.95. The zero-order chi connectivity index (χ0) is 8.97. The number of hydrogen-bond acceptors (Lipinski definition) is 2. The molecule has 0 heterocycles. The third-order valence-electron chi connectivity index (χ3n) is 1.77. The lowest BCUT2D eigenvalue weighted by atomic mass is 10.0. The molecule has 0 atom stereocenters. The Morgan fingerprint density at radius 2 is 1.33 bits per heavy atom. The summed E-state index contributed by atoms with van der Waals surface area (Å²) in [6.45, 7) is 3.77. The lowest BCUT2D eigenvalue weighted by molar-refractivity contribution is 0.275. The average molecular weight is 165 g/mol. The SMILES string of the molecule is [CH2]Cc1cc(CO)cc(CO)c1. The molecule has 12 heavy (non-hydrogen) atoms. The molecule has 1 aromatic rings. The van der Waals surface area contributed by atoms with Gasteiger partial charge in [0.05, 0.1) is 13.2 Å². The van der Waals surface area contributed by atoms with Crippen molar-refractivity contribution in [2.45, 2.75) is 19.6 Å². The van der Waals surface area contributed by atoms with Crippen LogP contribution in [0, 0.1) is 6.92 Å². The largest absolute Gasteiger partial charge is 0.392 e. The Morgan fingerprint density at radius 1 is 0.917 bits per heavy atom. The minimum atomic E-state index is 0.0147.